The molecular formula is C18H26N2O2. The van der Waals surface area contributed by atoms with Crippen LogP contribution in [0.4, 0.5) is 0 Å². The van der Waals surface area contributed by atoms with Crippen LogP contribution >= 0.6 is 0 Å². The van der Waals surface area contributed by atoms with Gasteiger partial charge in [-0.2, -0.15) is 0 Å². The predicted octanol–water partition coefficient (Wildman–Crippen LogP) is 2.51. The van der Waals surface area contributed by atoms with Gasteiger partial charge in [0.05, 0.1) is 13.2 Å². The lowest BCUT2D eigenvalue weighted by atomic mass is 10.0. The number of fused-ring (bicyclic) bond motifs is 1. The molecule has 0 unspecified atom stereocenters. The maximum atomic E-state index is 12.5. The molecule has 2 saturated heterocycles. The molecule has 2 heterocycles. The summed E-state index contributed by atoms with van der Waals surface area (Å²) in [5.74, 6) is 1.24. The van der Waals surface area contributed by atoms with Crippen LogP contribution < -0.4 is 4.74 Å². The number of benzene rings is 1. The first-order valence-electron chi connectivity index (χ1n) is 8.20. The summed E-state index contributed by atoms with van der Waals surface area (Å²) < 4.78 is 5.39. The van der Waals surface area contributed by atoms with Gasteiger partial charge in [0.2, 0.25) is 5.91 Å². The SMILES string of the molecule is COc1cc(C)c(CN2C[C@H]3CCCN3C(=O)[C@H]2C)cc1C. The molecule has 4 heteroatoms. The highest BCUT2D eigenvalue weighted by atomic mass is 16.5. The molecule has 0 aliphatic carbocycles. The smallest absolute Gasteiger partial charge is 0.239 e. The van der Waals surface area contributed by atoms with E-state index in [4.69, 9.17) is 4.74 Å². The number of ether oxygens (including phenoxy) is 1. The van der Waals surface area contributed by atoms with Crippen LogP contribution in [0.2, 0.25) is 0 Å². The molecule has 0 aromatic heterocycles. The molecule has 0 bridgehead atoms. The van der Waals surface area contributed by atoms with Crippen molar-refractivity contribution in [1.82, 2.24) is 9.80 Å². The lowest BCUT2D eigenvalue weighted by Crippen LogP contribution is -2.58. The number of amides is 1. The predicted molar refractivity (Wildman–Crippen MR) is 87.1 cm³/mol. The highest BCUT2D eigenvalue weighted by Crippen LogP contribution is 2.29. The summed E-state index contributed by atoms with van der Waals surface area (Å²) in [5, 5.41) is 0. The van der Waals surface area contributed by atoms with Crippen LogP contribution in [0.25, 0.3) is 0 Å². The van der Waals surface area contributed by atoms with Gasteiger partial charge in [0.1, 0.15) is 5.75 Å². The molecule has 1 amide bonds. The minimum Gasteiger partial charge on any atom is -0.496 e. The van der Waals surface area contributed by atoms with Crippen LogP contribution in [0.3, 0.4) is 0 Å². The third kappa shape index (κ3) is 2.60. The molecule has 120 valence electrons. The Labute approximate surface area is 133 Å². The first-order chi connectivity index (χ1) is 10.5. The number of nitrogens with zero attached hydrogens (tertiary/aromatic N) is 2. The fraction of sp³-hybridized carbons (Fsp3) is 0.611. The summed E-state index contributed by atoms with van der Waals surface area (Å²) in [6, 6.07) is 4.70. The van der Waals surface area contributed by atoms with Crippen molar-refractivity contribution in [2.75, 3.05) is 20.2 Å². The van der Waals surface area contributed by atoms with E-state index in [1.165, 1.54) is 11.1 Å². The molecule has 1 aromatic carbocycles. The first-order valence-corrected chi connectivity index (χ1v) is 8.20. The van der Waals surface area contributed by atoms with E-state index in [-0.39, 0.29) is 6.04 Å². The summed E-state index contributed by atoms with van der Waals surface area (Å²) in [5.41, 5.74) is 3.68. The van der Waals surface area contributed by atoms with Crippen LogP contribution in [0.5, 0.6) is 5.75 Å². The highest BCUT2D eigenvalue weighted by molar-refractivity contribution is 5.83. The topological polar surface area (TPSA) is 32.8 Å². The molecule has 22 heavy (non-hydrogen) atoms. The van der Waals surface area contributed by atoms with Crippen LogP contribution in [0.1, 0.15) is 36.5 Å². The first kappa shape index (κ1) is 15.3. The van der Waals surface area contributed by atoms with Gasteiger partial charge in [-0.3, -0.25) is 9.69 Å². The average Bonchev–Trinajstić information content (AvgIpc) is 2.96. The Morgan fingerprint density at radius 1 is 1.27 bits per heavy atom. The zero-order chi connectivity index (χ0) is 15.9. The van der Waals surface area contributed by atoms with Crippen LogP contribution in [0.15, 0.2) is 12.1 Å². The van der Waals surface area contributed by atoms with Crippen molar-refractivity contribution >= 4 is 5.91 Å². The van der Waals surface area contributed by atoms with E-state index >= 15 is 0 Å². The maximum Gasteiger partial charge on any atom is 0.239 e. The van der Waals surface area contributed by atoms with Crippen molar-refractivity contribution < 1.29 is 9.53 Å². The third-order valence-corrected chi connectivity index (χ3v) is 5.24. The number of piperazine rings is 1. The molecule has 4 nitrogen and oxygen atoms in total. The number of carbonyl (C=O) groups excluding carboxylic acids is 1. The molecule has 0 radical (unpaired) electrons. The van der Waals surface area contributed by atoms with Gasteiger partial charge in [0, 0.05) is 25.7 Å². The van der Waals surface area contributed by atoms with Gasteiger partial charge in [-0.05, 0) is 56.4 Å². The minimum atomic E-state index is -0.0174. The van der Waals surface area contributed by atoms with Gasteiger partial charge < -0.3 is 9.64 Å². The average molecular weight is 302 g/mol. The lowest BCUT2D eigenvalue weighted by Gasteiger charge is -2.41. The van der Waals surface area contributed by atoms with Gasteiger partial charge in [0.25, 0.3) is 0 Å². The molecule has 2 aliphatic rings. The minimum absolute atomic E-state index is 0.0174. The summed E-state index contributed by atoms with van der Waals surface area (Å²) in [6.07, 6.45) is 2.30. The lowest BCUT2D eigenvalue weighted by molar-refractivity contribution is -0.143. The van der Waals surface area contributed by atoms with E-state index in [0.717, 1.165) is 43.8 Å². The summed E-state index contributed by atoms with van der Waals surface area (Å²) in [7, 11) is 1.71. The van der Waals surface area contributed by atoms with E-state index in [2.05, 4.69) is 35.8 Å². The van der Waals surface area contributed by atoms with E-state index < -0.39 is 0 Å². The summed E-state index contributed by atoms with van der Waals surface area (Å²) in [4.78, 5) is 17.0. The van der Waals surface area contributed by atoms with Crippen molar-refractivity contribution in [3.8, 4) is 5.75 Å². The zero-order valence-electron chi connectivity index (χ0n) is 14.1. The number of carbonyl (C=O) groups is 1. The Balaban J connectivity index is 1.80. The second kappa shape index (κ2) is 5.92. The Morgan fingerprint density at radius 2 is 2.05 bits per heavy atom. The number of hydrogen-bond acceptors (Lipinski definition) is 3. The van der Waals surface area contributed by atoms with Crippen molar-refractivity contribution in [3.63, 3.8) is 0 Å². The molecule has 0 saturated carbocycles. The standard InChI is InChI=1S/C18H26N2O2/c1-12-9-17(22-4)13(2)8-15(12)10-19-11-16-6-5-7-20(16)18(21)14(19)3/h8-9,14,16H,5-7,10-11H2,1-4H3/t14-,16-/m1/s1. The second-order valence-electron chi connectivity index (χ2n) is 6.68. The molecule has 3 rings (SSSR count). The van der Waals surface area contributed by atoms with E-state index in [0.29, 0.717) is 11.9 Å². The van der Waals surface area contributed by atoms with Gasteiger partial charge in [-0.1, -0.05) is 6.07 Å². The molecule has 0 N–H and O–H groups in total. The van der Waals surface area contributed by atoms with E-state index in [1.54, 1.807) is 7.11 Å². The van der Waals surface area contributed by atoms with Gasteiger partial charge in [0.15, 0.2) is 0 Å². The van der Waals surface area contributed by atoms with Crippen molar-refractivity contribution in [3.05, 3.63) is 28.8 Å². The Bertz CT molecular complexity index is 585. The largest absolute Gasteiger partial charge is 0.496 e. The number of rotatable bonds is 3. The Kier molecular flexibility index (Phi) is 4.13. The van der Waals surface area contributed by atoms with Crippen molar-refractivity contribution in [2.24, 2.45) is 0 Å². The van der Waals surface area contributed by atoms with Gasteiger partial charge >= 0.3 is 0 Å². The molecule has 2 atom stereocenters. The van der Waals surface area contributed by atoms with Crippen LogP contribution in [-0.2, 0) is 11.3 Å². The Morgan fingerprint density at radius 3 is 2.77 bits per heavy atom. The monoisotopic (exact) mass is 302 g/mol. The van der Waals surface area contributed by atoms with Gasteiger partial charge in [-0.15, -0.1) is 0 Å². The summed E-state index contributed by atoms with van der Waals surface area (Å²) in [6.45, 7) is 9.02. The zero-order valence-corrected chi connectivity index (χ0v) is 14.1. The number of methoxy groups -OCH3 is 1. The van der Waals surface area contributed by atoms with E-state index in [1.807, 2.05) is 6.92 Å². The normalized spacial score (nSPS) is 25.5. The molecule has 1 aromatic rings. The number of hydrogen-bond donors (Lipinski definition) is 0. The van der Waals surface area contributed by atoms with Crippen LogP contribution in [-0.4, -0.2) is 48.0 Å². The number of aryl methyl sites for hydroxylation is 2. The maximum absolute atomic E-state index is 12.5. The van der Waals surface area contributed by atoms with Crippen molar-refractivity contribution in [1.29, 1.82) is 0 Å². The van der Waals surface area contributed by atoms with Crippen LogP contribution in [0, 0.1) is 13.8 Å². The fourth-order valence-corrected chi connectivity index (χ4v) is 3.80. The quantitative estimate of drug-likeness (QED) is 0.860. The molecule has 0 spiro atoms. The highest BCUT2D eigenvalue weighted by Gasteiger charge is 2.40. The molecule has 2 fully saturated rings. The fourth-order valence-electron chi connectivity index (χ4n) is 3.80. The summed E-state index contributed by atoms with van der Waals surface area (Å²) >= 11 is 0. The second-order valence-corrected chi connectivity index (χ2v) is 6.68. The van der Waals surface area contributed by atoms with E-state index in [9.17, 15) is 4.79 Å². The molecule has 2 aliphatic heterocycles. The van der Waals surface area contributed by atoms with Gasteiger partial charge in [-0.25, -0.2) is 0 Å². The molecular weight excluding hydrogens is 276 g/mol. The Hall–Kier alpha value is -1.55. The third-order valence-electron chi connectivity index (χ3n) is 5.24. The van der Waals surface area contributed by atoms with Crippen molar-refractivity contribution in [2.45, 2.75) is 52.2 Å².